The van der Waals surface area contributed by atoms with E-state index in [1.165, 1.54) is 6.92 Å². The molecule has 1 fully saturated rings. The molecule has 2 heterocycles. The van der Waals surface area contributed by atoms with Gasteiger partial charge >= 0.3 is 0 Å². The van der Waals surface area contributed by atoms with Gasteiger partial charge in [0.2, 0.25) is 11.8 Å². The van der Waals surface area contributed by atoms with Crippen molar-refractivity contribution in [3.05, 3.63) is 48.7 Å². The van der Waals surface area contributed by atoms with Crippen molar-refractivity contribution in [2.45, 2.75) is 13.3 Å². The maximum Gasteiger partial charge on any atom is 0.224 e. The first-order chi connectivity index (χ1) is 13.6. The van der Waals surface area contributed by atoms with Gasteiger partial charge in [-0.3, -0.25) is 9.59 Å². The molecule has 0 radical (unpaired) electrons. The number of hydrogen-bond donors (Lipinski definition) is 0. The van der Waals surface area contributed by atoms with Crippen LogP contribution in [0.2, 0.25) is 0 Å². The largest absolute Gasteiger partial charge is 0.497 e. The highest BCUT2D eigenvalue weighted by Crippen LogP contribution is 2.21. The lowest BCUT2D eigenvalue weighted by atomic mass is 10.2. The average molecular weight is 382 g/mol. The van der Waals surface area contributed by atoms with E-state index in [-0.39, 0.29) is 11.8 Å². The third-order valence-electron chi connectivity index (χ3n) is 4.90. The van der Waals surface area contributed by atoms with Crippen molar-refractivity contribution in [2.24, 2.45) is 0 Å². The fraction of sp³-hybridized carbons (Fsp3) is 0.381. The van der Waals surface area contributed by atoms with Crippen molar-refractivity contribution >= 4 is 23.3 Å². The minimum absolute atomic E-state index is 0.0646. The van der Waals surface area contributed by atoms with Crippen LogP contribution in [-0.2, 0) is 9.59 Å². The number of anilines is 2. The Morgan fingerprint density at radius 2 is 1.89 bits per heavy atom. The van der Waals surface area contributed by atoms with E-state index >= 15 is 0 Å². The summed E-state index contributed by atoms with van der Waals surface area (Å²) in [6.07, 6.45) is 2.07. The molecule has 2 amide bonds. The Bertz CT molecular complexity index is 804. The van der Waals surface area contributed by atoms with E-state index in [0.717, 1.165) is 24.6 Å². The summed E-state index contributed by atoms with van der Waals surface area (Å²) in [5.74, 6) is 1.59. The van der Waals surface area contributed by atoms with Crippen LogP contribution in [0.3, 0.4) is 0 Å². The van der Waals surface area contributed by atoms with Crippen molar-refractivity contribution in [1.82, 2.24) is 9.88 Å². The first-order valence-corrected chi connectivity index (χ1v) is 9.44. The second-order valence-electron chi connectivity index (χ2n) is 6.68. The lowest BCUT2D eigenvalue weighted by Gasteiger charge is -2.35. The number of pyridine rings is 1. The van der Waals surface area contributed by atoms with Crippen molar-refractivity contribution in [1.29, 1.82) is 0 Å². The monoisotopic (exact) mass is 382 g/mol. The molecule has 7 nitrogen and oxygen atoms in total. The van der Waals surface area contributed by atoms with Crippen LogP contribution in [0.4, 0.5) is 11.5 Å². The van der Waals surface area contributed by atoms with Crippen LogP contribution in [0.1, 0.15) is 13.3 Å². The average Bonchev–Trinajstić information content (AvgIpc) is 2.74. The third kappa shape index (κ3) is 4.79. The molecular formula is C21H26N4O3. The molecule has 0 N–H and O–H groups in total. The molecule has 0 bridgehead atoms. The number of hydrogen-bond acceptors (Lipinski definition) is 5. The molecule has 1 aliphatic heterocycles. The van der Waals surface area contributed by atoms with Crippen LogP contribution in [0.5, 0.6) is 5.75 Å². The van der Waals surface area contributed by atoms with E-state index in [2.05, 4.69) is 9.88 Å². The number of piperazine rings is 1. The highest BCUT2D eigenvalue weighted by atomic mass is 16.5. The Morgan fingerprint density at radius 1 is 1.11 bits per heavy atom. The highest BCUT2D eigenvalue weighted by Gasteiger charge is 2.23. The number of methoxy groups -OCH3 is 1. The first-order valence-electron chi connectivity index (χ1n) is 9.44. The first kappa shape index (κ1) is 19.7. The molecular weight excluding hydrogens is 356 g/mol. The van der Waals surface area contributed by atoms with Crippen LogP contribution in [0, 0.1) is 0 Å². The van der Waals surface area contributed by atoms with Gasteiger partial charge in [0.1, 0.15) is 11.6 Å². The van der Waals surface area contributed by atoms with E-state index in [4.69, 9.17) is 4.74 Å². The molecule has 1 aromatic carbocycles. The second-order valence-corrected chi connectivity index (χ2v) is 6.68. The van der Waals surface area contributed by atoms with Gasteiger partial charge < -0.3 is 19.4 Å². The number of rotatable bonds is 6. The molecule has 148 valence electrons. The zero-order valence-corrected chi connectivity index (χ0v) is 16.4. The van der Waals surface area contributed by atoms with Crippen LogP contribution >= 0.6 is 0 Å². The Morgan fingerprint density at radius 3 is 2.54 bits per heavy atom. The summed E-state index contributed by atoms with van der Waals surface area (Å²) in [5.41, 5.74) is 0.736. The number of benzene rings is 1. The maximum absolute atomic E-state index is 12.7. The number of amides is 2. The SMILES string of the molecule is COc1cccc(N(CCC(=O)N2CCN(c3ccccn3)CC2)C(C)=O)c1. The molecule has 0 unspecified atom stereocenters. The molecule has 0 aliphatic carbocycles. The van der Waals surface area contributed by atoms with E-state index in [1.807, 2.05) is 41.3 Å². The fourth-order valence-corrected chi connectivity index (χ4v) is 3.34. The molecule has 2 aromatic rings. The summed E-state index contributed by atoms with van der Waals surface area (Å²) in [4.78, 5) is 34.8. The van der Waals surface area contributed by atoms with Gasteiger partial charge in [-0.05, 0) is 24.3 Å². The van der Waals surface area contributed by atoms with Crippen molar-refractivity contribution in [2.75, 3.05) is 49.6 Å². The molecule has 0 atom stereocenters. The summed E-state index contributed by atoms with van der Waals surface area (Å²) in [5, 5.41) is 0. The smallest absolute Gasteiger partial charge is 0.224 e. The zero-order chi connectivity index (χ0) is 19.9. The molecule has 28 heavy (non-hydrogen) atoms. The van der Waals surface area contributed by atoms with Gasteiger partial charge in [0.15, 0.2) is 0 Å². The molecule has 3 rings (SSSR count). The van der Waals surface area contributed by atoms with Gasteiger partial charge in [-0.15, -0.1) is 0 Å². The summed E-state index contributed by atoms with van der Waals surface area (Å²) in [6, 6.07) is 13.2. The highest BCUT2D eigenvalue weighted by molar-refractivity contribution is 5.92. The summed E-state index contributed by atoms with van der Waals surface area (Å²) < 4.78 is 5.23. The van der Waals surface area contributed by atoms with Crippen molar-refractivity contribution in [3.8, 4) is 5.75 Å². The van der Waals surface area contributed by atoms with Crippen LogP contribution in [0.15, 0.2) is 48.7 Å². The Balaban J connectivity index is 1.54. The maximum atomic E-state index is 12.7. The molecule has 1 saturated heterocycles. The van der Waals surface area contributed by atoms with Gasteiger partial charge in [0, 0.05) is 64.0 Å². The molecule has 0 spiro atoms. The Kier molecular flexibility index (Phi) is 6.47. The van der Waals surface area contributed by atoms with E-state index < -0.39 is 0 Å². The van der Waals surface area contributed by atoms with Gasteiger partial charge in [-0.2, -0.15) is 0 Å². The predicted octanol–water partition coefficient (Wildman–Crippen LogP) is 2.18. The standard InChI is InChI=1S/C21H26N4O3/c1-17(26)25(18-6-5-7-19(16-18)28-2)11-9-21(27)24-14-12-23(13-15-24)20-8-3-4-10-22-20/h3-8,10,16H,9,11-15H2,1-2H3. The number of carbonyl (C=O) groups excluding carboxylic acids is 2. The molecule has 1 aliphatic rings. The summed E-state index contributed by atoms with van der Waals surface area (Å²) >= 11 is 0. The van der Waals surface area contributed by atoms with Gasteiger partial charge in [-0.1, -0.05) is 12.1 Å². The van der Waals surface area contributed by atoms with Crippen LogP contribution in [0.25, 0.3) is 0 Å². The second kappa shape index (κ2) is 9.21. The van der Waals surface area contributed by atoms with Gasteiger partial charge in [0.25, 0.3) is 0 Å². The van der Waals surface area contributed by atoms with Gasteiger partial charge in [0.05, 0.1) is 7.11 Å². The summed E-state index contributed by atoms with van der Waals surface area (Å²) in [6.45, 7) is 4.70. The van der Waals surface area contributed by atoms with E-state index in [1.54, 1.807) is 24.3 Å². The van der Waals surface area contributed by atoms with E-state index in [9.17, 15) is 9.59 Å². The normalized spacial score (nSPS) is 13.9. The number of nitrogens with zero attached hydrogens (tertiary/aromatic N) is 4. The number of carbonyl (C=O) groups is 2. The topological polar surface area (TPSA) is 66.0 Å². The zero-order valence-electron chi connectivity index (χ0n) is 16.4. The molecule has 1 aromatic heterocycles. The molecule has 7 heteroatoms. The number of aromatic nitrogens is 1. The van der Waals surface area contributed by atoms with Crippen molar-refractivity contribution in [3.63, 3.8) is 0 Å². The quantitative estimate of drug-likeness (QED) is 0.766. The van der Waals surface area contributed by atoms with E-state index in [0.29, 0.717) is 31.8 Å². The number of ether oxygens (including phenoxy) is 1. The minimum atomic E-state index is -0.0963. The summed E-state index contributed by atoms with van der Waals surface area (Å²) in [7, 11) is 1.59. The molecule has 0 saturated carbocycles. The fourth-order valence-electron chi connectivity index (χ4n) is 3.34. The Labute approximate surface area is 165 Å². The third-order valence-corrected chi connectivity index (χ3v) is 4.90. The lowest BCUT2D eigenvalue weighted by Crippen LogP contribution is -2.49. The predicted molar refractivity (Wildman–Crippen MR) is 109 cm³/mol. The van der Waals surface area contributed by atoms with Crippen molar-refractivity contribution < 1.29 is 14.3 Å². The van der Waals surface area contributed by atoms with Crippen LogP contribution < -0.4 is 14.5 Å². The Hall–Kier alpha value is -3.09. The van der Waals surface area contributed by atoms with Crippen LogP contribution in [-0.4, -0.2) is 61.5 Å². The minimum Gasteiger partial charge on any atom is -0.497 e. The van der Waals surface area contributed by atoms with Gasteiger partial charge in [-0.25, -0.2) is 4.98 Å². The lowest BCUT2D eigenvalue weighted by molar-refractivity contribution is -0.131.